The molecule has 1 aliphatic carbocycles. The molecule has 1 aliphatic heterocycles. The summed E-state index contributed by atoms with van der Waals surface area (Å²) >= 11 is 0. The van der Waals surface area contributed by atoms with Crippen molar-refractivity contribution in [3.63, 3.8) is 0 Å². The van der Waals surface area contributed by atoms with Gasteiger partial charge >= 0.3 is 0 Å². The van der Waals surface area contributed by atoms with Crippen molar-refractivity contribution in [2.75, 3.05) is 19.6 Å². The molecule has 7 heteroatoms. The molecule has 1 atom stereocenters. The highest BCUT2D eigenvalue weighted by atomic mass is 16.5. The summed E-state index contributed by atoms with van der Waals surface area (Å²) in [7, 11) is 0. The fourth-order valence-electron chi connectivity index (χ4n) is 3.48. The van der Waals surface area contributed by atoms with Crippen LogP contribution in [-0.2, 0) is 10.3 Å². The molecular weight excluding hydrogens is 284 g/mol. The lowest BCUT2D eigenvalue weighted by Crippen LogP contribution is -2.47. The van der Waals surface area contributed by atoms with Crippen molar-refractivity contribution >= 4 is 5.91 Å². The van der Waals surface area contributed by atoms with Crippen LogP contribution in [0.1, 0.15) is 50.2 Å². The third kappa shape index (κ3) is 3.15. The maximum absolute atomic E-state index is 11.6. The predicted molar refractivity (Wildman–Crippen MR) is 79.0 cm³/mol. The van der Waals surface area contributed by atoms with Crippen molar-refractivity contribution in [2.24, 2.45) is 0 Å². The van der Waals surface area contributed by atoms with Crippen molar-refractivity contribution in [1.29, 1.82) is 0 Å². The number of nitrogens with one attached hydrogen (secondary N) is 1. The molecule has 122 valence electrons. The summed E-state index contributed by atoms with van der Waals surface area (Å²) in [6, 6.07) is 0. The van der Waals surface area contributed by atoms with Crippen LogP contribution in [0.5, 0.6) is 0 Å². The molecule has 2 fully saturated rings. The van der Waals surface area contributed by atoms with Crippen LogP contribution >= 0.6 is 0 Å². The van der Waals surface area contributed by atoms with Gasteiger partial charge in [0.25, 0.3) is 0 Å². The van der Waals surface area contributed by atoms with Gasteiger partial charge in [-0.05, 0) is 19.3 Å². The Morgan fingerprint density at radius 1 is 1.41 bits per heavy atom. The number of nitrogens with zero attached hydrogens (tertiary/aromatic N) is 3. The van der Waals surface area contributed by atoms with Gasteiger partial charge in [-0.2, -0.15) is 4.98 Å². The number of carbonyl (C=O) groups excluding carboxylic acids is 1. The van der Waals surface area contributed by atoms with Gasteiger partial charge in [0.05, 0.1) is 11.6 Å². The molecule has 1 saturated heterocycles. The first-order valence-electron chi connectivity index (χ1n) is 8.11. The number of aromatic nitrogens is 2. The number of amides is 1. The molecule has 7 nitrogen and oxygen atoms in total. The molecule has 1 saturated carbocycles. The Morgan fingerprint density at radius 3 is 2.77 bits per heavy atom. The zero-order valence-corrected chi connectivity index (χ0v) is 13.0. The maximum atomic E-state index is 11.6. The van der Waals surface area contributed by atoms with Gasteiger partial charge in [0.2, 0.25) is 11.8 Å². The summed E-state index contributed by atoms with van der Waals surface area (Å²) in [5.74, 6) is 1.39. The average molecular weight is 308 g/mol. The first-order valence-corrected chi connectivity index (χ1v) is 8.11. The van der Waals surface area contributed by atoms with Crippen molar-refractivity contribution in [3.05, 3.63) is 11.7 Å². The SMILES string of the molecule is Cc1nc(C2(NCC(O)CN3CCCC3=O)CCCC2)no1. The minimum atomic E-state index is -0.576. The standard InChI is InChI=1S/C15H24N4O3/c1-11-17-14(18-22-11)15(6-2-3-7-15)16-9-12(20)10-19-8-4-5-13(19)21/h12,16,20H,2-10H2,1H3. The van der Waals surface area contributed by atoms with Gasteiger partial charge < -0.3 is 19.8 Å². The number of carbonyl (C=O) groups is 1. The lowest BCUT2D eigenvalue weighted by atomic mass is 9.96. The summed E-state index contributed by atoms with van der Waals surface area (Å²) in [6.07, 6.45) is 5.04. The molecule has 0 bridgehead atoms. The van der Waals surface area contributed by atoms with Crippen LogP contribution in [0, 0.1) is 6.92 Å². The van der Waals surface area contributed by atoms with E-state index in [0.29, 0.717) is 31.2 Å². The Morgan fingerprint density at radius 2 is 2.18 bits per heavy atom. The van der Waals surface area contributed by atoms with Crippen LogP contribution in [0.25, 0.3) is 0 Å². The molecule has 0 aromatic carbocycles. The van der Waals surface area contributed by atoms with E-state index in [1.54, 1.807) is 11.8 Å². The number of aliphatic hydroxyl groups excluding tert-OH is 1. The summed E-state index contributed by atoms with van der Waals surface area (Å²) < 4.78 is 5.11. The Labute approximate surface area is 130 Å². The zero-order chi connectivity index (χ0) is 15.6. The van der Waals surface area contributed by atoms with Crippen molar-refractivity contribution in [2.45, 2.75) is 57.1 Å². The molecule has 22 heavy (non-hydrogen) atoms. The van der Waals surface area contributed by atoms with E-state index in [1.807, 2.05) is 0 Å². The fraction of sp³-hybridized carbons (Fsp3) is 0.800. The number of hydrogen-bond acceptors (Lipinski definition) is 6. The van der Waals surface area contributed by atoms with E-state index in [-0.39, 0.29) is 11.4 Å². The number of β-amino-alcohol motifs (C(OH)–C–C–N with tert-alkyl or cyclic N) is 1. The zero-order valence-electron chi connectivity index (χ0n) is 13.0. The molecule has 2 heterocycles. The third-order valence-corrected chi connectivity index (χ3v) is 4.69. The second-order valence-electron chi connectivity index (χ2n) is 6.40. The monoisotopic (exact) mass is 308 g/mol. The summed E-state index contributed by atoms with van der Waals surface area (Å²) in [5.41, 5.74) is -0.298. The molecule has 1 aromatic rings. The normalized spacial score (nSPS) is 22.5. The van der Waals surface area contributed by atoms with Gasteiger partial charge in [-0.3, -0.25) is 4.79 Å². The van der Waals surface area contributed by atoms with Crippen molar-refractivity contribution < 1.29 is 14.4 Å². The van der Waals surface area contributed by atoms with E-state index >= 15 is 0 Å². The second-order valence-corrected chi connectivity index (χ2v) is 6.40. The largest absolute Gasteiger partial charge is 0.390 e. The van der Waals surface area contributed by atoms with Crippen LogP contribution in [-0.4, -0.2) is 51.8 Å². The van der Waals surface area contributed by atoms with E-state index in [0.717, 1.165) is 38.6 Å². The fourth-order valence-corrected chi connectivity index (χ4v) is 3.48. The Bertz CT molecular complexity index is 525. The highest BCUT2D eigenvalue weighted by molar-refractivity contribution is 5.78. The molecular formula is C15H24N4O3. The van der Waals surface area contributed by atoms with E-state index < -0.39 is 6.10 Å². The van der Waals surface area contributed by atoms with Crippen molar-refractivity contribution in [3.8, 4) is 0 Å². The van der Waals surface area contributed by atoms with Gasteiger partial charge in [-0.15, -0.1) is 0 Å². The van der Waals surface area contributed by atoms with Crippen molar-refractivity contribution in [1.82, 2.24) is 20.4 Å². The average Bonchev–Trinajstić information content (AvgIpc) is 3.20. The number of aliphatic hydroxyl groups is 1. The van der Waals surface area contributed by atoms with Crippen LogP contribution in [0.4, 0.5) is 0 Å². The first-order chi connectivity index (χ1) is 10.6. The number of aryl methyl sites for hydroxylation is 1. The highest BCUT2D eigenvalue weighted by Crippen LogP contribution is 2.37. The van der Waals surface area contributed by atoms with Crippen LogP contribution in [0.3, 0.4) is 0 Å². The van der Waals surface area contributed by atoms with Gasteiger partial charge in [0.1, 0.15) is 0 Å². The maximum Gasteiger partial charge on any atom is 0.223 e. The van der Waals surface area contributed by atoms with Gasteiger partial charge in [-0.25, -0.2) is 0 Å². The number of likely N-dealkylation sites (tertiary alicyclic amines) is 1. The number of hydrogen-bond donors (Lipinski definition) is 2. The van der Waals surface area contributed by atoms with E-state index in [4.69, 9.17) is 4.52 Å². The van der Waals surface area contributed by atoms with E-state index in [2.05, 4.69) is 15.5 Å². The van der Waals surface area contributed by atoms with Crippen LogP contribution < -0.4 is 5.32 Å². The van der Waals surface area contributed by atoms with Gasteiger partial charge in [0.15, 0.2) is 5.82 Å². The minimum absolute atomic E-state index is 0.142. The Kier molecular flexibility index (Phi) is 4.44. The quantitative estimate of drug-likeness (QED) is 0.804. The third-order valence-electron chi connectivity index (χ3n) is 4.69. The molecule has 0 radical (unpaired) electrons. The summed E-state index contributed by atoms with van der Waals surface area (Å²) in [4.78, 5) is 17.7. The molecule has 2 N–H and O–H groups in total. The first kappa shape index (κ1) is 15.4. The molecule has 3 rings (SSSR count). The second kappa shape index (κ2) is 6.34. The molecule has 1 aromatic heterocycles. The van der Waals surface area contributed by atoms with Gasteiger partial charge in [0, 0.05) is 33.0 Å². The molecule has 0 spiro atoms. The highest BCUT2D eigenvalue weighted by Gasteiger charge is 2.39. The number of rotatable bonds is 6. The van der Waals surface area contributed by atoms with E-state index in [9.17, 15) is 9.90 Å². The van der Waals surface area contributed by atoms with Crippen LogP contribution in [0.2, 0.25) is 0 Å². The Hall–Kier alpha value is -1.47. The minimum Gasteiger partial charge on any atom is -0.390 e. The topological polar surface area (TPSA) is 91.5 Å². The lowest BCUT2D eigenvalue weighted by molar-refractivity contribution is -0.128. The van der Waals surface area contributed by atoms with Gasteiger partial charge in [-0.1, -0.05) is 18.0 Å². The van der Waals surface area contributed by atoms with E-state index in [1.165, 1.54) is 0 Å². The predicted octanol–water partition coefficient (Wildman–Crippen LogP) is 0.720. The lowest BCUT2D eigenvalue weighted by Gasteiger charge is -2.29. The smallest absolute Gasteiger partial charge is 0.223 e. The van der Waals surface area contributed by atoms with Crippen LogP contribution in [0.15, 0.2) is 4.52 Å². The molecule has 1 amide bonds. The summed E-state index contributed by atoms with van der Waals surface area (Å²) in [5, 5.41) is 17.7. The molecule has 2 aliphatic rings. The molecule has 1 unspecified atom stereocenters. The Balaban J connectivity index is 1.59. The summed E-state index contributed by atoms with van der Waals surface area (Å²) in [6.45, 7) is 3.36.